The second-order valence-corrected chi connectivity index (χ2v) is 6.79. The molecule has 3 aromatic rings. The summed E-state index contributed by atoms with van der Waals surface area (Å²) in [6.45, 7) is 7.41. The van der Waals surface area contributed by atoms with Crippen molar-refractivity contribution < 1.29 is 13.9 Å². The highest BCUT2D eigenvalue weighted by molar-refractivity contribution is 6.30. The Morgan fingerprint density at radius 2 is 2.19 bits per heavy atom. The van der Waals surface area contributed by atoms with Crippen LogP contribution in [0.5, 0.6) is 0 Å². The SMILES string of the molecule is C=CC=C(Cn1nc(-c2ncc(CC(=O)OCC)c(Cl)n2)c2cccnc21)C(F)=CC. The van der Waals surface area contributed by atoms with Crippen LogP contribution < -0.4 is 0 Å². The number of pyridine rings is 1. The number of rotatable bonds is 8. The Morgan fingerprint density at radius 3 is 2.87 bits per heavy atom. The summed E-state index contributed by atoms with van der Waals surface area (Å²) in [5, 5.41) is 5.40. The highest BCUT2D eigenvalue weighted by Crippen LogP contribution is 2.27. The van der Waals surface area contributed by atoms with Gasteiger partial charge in [0.2, 0.25) is 0 Å². The zero-order valence-electron chi connectivity index (χ0n) is 17.2. The van der Waals surface area contributed by atoms with Crippen LogP contribution >= 0.6 is 11.6 Å². The number of carbonyl (C=O) groups is 1. The molecule has 0 fully saturated rings. The van der Waals surface area contributed by atoms with Crippen molar-refractivity contribution in [2.24, 2.45) is 0 Å². The summed E-state index contributed by atoms with van der Waals surface area (Å²) < 4.78 is 20.8. The average Bonchev–Trinajstić information content (AvgIpc) is 3.13. The first kappa shape index (κ1) is 22.3. The van der Waals surface area contributed by atoms with Crippen molar-refractivity contribution in [2.45, 2.75) is 26.8 Å². The number of fused-ring (bicyclic) bond motifs is 1. The number of nitrogens with zero attached hydrogens (tertiary/aromatic N) is 5. The molecule has 0 bridgehead atoms. The number of esters is 1. The fourth-order valence-corrected chi connectivity index (χ4v) is 3.16. The third-order valence-electron chi connectivity index (χ3n) is 4.37. The largest absolute Gasteiger partial charge is 0.466 e. The Balaban J connectivity index is 2.02. The molecule has 9 heteroatoms. The molecule has 7 nitrogen and oxygen atoms in total. The maximum absolute atomic E-state index is 14.3. The molecule has 0 atom stereocenters. The standard InChI is InChI=1S/C22H21ClFN5O2/c1-4-8-14(17(24)5-2)13-29-22-16(9-7-10-25-22)19(28-29)21-26-12-15(20(23)27-21)11-18(30)31-6-3/h4-5,7-10,12H,1,6,11,13H2,2-3H3. The van der Waals surface area contributed by atoms with Crippen molar-refractivity contribution in [1.29, 1.82) is 0 Å². The normalized spacial score (nSPS) is 12.3. The van der Waals surface area contributed by atoms with Gasteiger partial charge in [-0.05, 0) is 26.0 Å². The van der Waals surface area contributed by atoms with E-state index >= 15 is 0 Å². The van der Waals surface area contributed by atoms with Gasteiger partial charge in [0, 0.05) is 23.5 Å². The van der Waals surface area contributed by atoms with Crippen LogP contribution in [0.2, 0.25) is 5.15 Å². The van der Waals surface area contributed by atoms with Crippen LogP contribution in [0.15, 0.2) is 60.7 Å². The zero-order chi connectivity index (χ0) is 22.4. The molecular formula is C22H21ClFN5O2. The fourth-order valence-electron chi connectivity index (χ4n) is 2.97. The van der Waals surface area contributed by atoms with Crippen LogP contribution in [0.25, 0.3) is 22.6 Å². The Morgan fingerprint density at radius 1 is 1.39 bits per heavy atom. The molecule has 0 amide bonds. The number of hydrogen-bond acceptors (Lipinski definition) is 6. The summed E-state index contributed by atoms with van der Waals surface area (Å²) >= 11 is 6.28. The van der Waals surface area contributed by atoms with E-state index in [9.17, 15) is 9.18 Å². The minimum Gasteiger partial charge on any atom is -0.466 e. The van der Waals surface area contributed by atoms with E-state index in [4.69, 9.17) is 16.3 Å². The number of allylic oxidation sites excluding steroid dienone is 5. The van der Waals surface area contributed by atoms with Gasteiger partial charge in [0.25, 0.3) is 0 Å². The molecule has 0 saturated heterocycles. The Bertz CT molecular complexity index is 1190. The van der Waals surface area contributed by atoms with Crippen LogP contribution in [0, 0.1) is 0 Å². The van der Waals surface area contributed by atoms with E-state index in [0.29, 0.717) is 27.9 Å². The molecule has 3 heterocycles. The van der Waals surface area contributed by atoms with E-state index < -0.39 is 5.97 Å². The van der Waals surface area contributed by atoms with Crippen molar-refractivity contribution in [3.63, 3.8) is 0 Å². The summed E-state index contributed by atoms with van der Waals surface area (Å²) in [6, 6.07) is 3.59. The molecule has 0 N–H and O–H groups in total. The van der Waals surface area contributed by atoms with Gasteiger partial charge in [-0.15, -0.1) is 0 Å². The van der Waals surface area contributed by atoms with E-state index in [1.54, 1.807) is 36.9 Å². The van der Waals surface area contributed by atoms with E-state index in [-0.39, 0.29) is 36.4 Å². The quantitative estimate of drug-likeness (QED) is 0.288. The molecule has 0 unspecified atom stereocenters. The van der Waals surface area contributed by atoms with E-state index in [0.717, 1.165) is 0 Å². The number of halogens is 2. The summed E-state index contributed by atoms with van der Waals surface area (Å²) in [6.07, 6.45) is 7.56. The molecule has 0 radical (unpaired) electrons. The maximum Gasteiger partial charge on any atom is 0.310 e. The van der Waals surface area contributed by atoms with Crippen molar-refractivity contribution >= 4 is 28.6 Å². The first-order valence-corrected chi connectivity index (χ1v) is 9.99. The summed E-state index contributed by atoms with van der Waals surface area (Å²) in [4.78, 5) is 24.8. The number of carbonyl (C=O) groups excluding carboxylic acids is 1. The lowest BCUT2D eigenvalue weighted by Gasteiger charge is -2.06. The summed E-state index contributed by atoms with van der Waals surface area (Å²) in [5.41, 5.74) is 1.86. The first-order valence-electron chi connectivity index (χ1n) is 9.61. The minimum absolute atomic E-state index is 0.0258. The topological polar surface area (TPSA) is 82.8 Å². The molecule has 3 rings (SSSR count). The highest BCUT2D eigenvalue weighted by atomic mass is 35.5. The van der Waals surface area contributed by atoms with Crippen LogP contribution in [-0.4, -0.2) is 37.3 Å². The average molecular weight is 442 g/mol. The number of aromatic nitrogens is 5. The number of ether oxygens (including phenoxy) is 1. The summed E-state index contributed by atoms with van der Waals surface area (Å²) in [5.74, 6) is -0.508. The lowest BCUT2D eigenvalue weighted by Crippen LogP contribution is -2.09. The van der Waals surface area contributed by atoms with Crippen LogP contribution in [-0.2, 0) is 22.5 Å². The maximum atomic E-state index is 14.3. The lowest BCUT2D eigenvalue weighted by atomic mass is 10.2. The third-order valence-corrected chi connectivity index (χ3v) is 4.70. The Kier molecular flexibility index (Phi) is 7.25. The second kappa shape index (κ2) is 10.1. The van der Waals surface area contributed by atoms with Gasteiger partial charge in [-0.3, -0.25) is 4.79 Å². The molecule has 160 valence electrons. The highest BCUT2D eigenvalue weighted by Gasteiger charge is 2.19. The van der Waals surface area contributed by atoms with Crippen molar-refractivity contribution in [2.75, 3.05) is 6.61 Å². The van der Waals surface area contributed by atoms with Gasteiger partial charge in [-0.25, -0.2) is 24.0 Å². The van der Waals surface area contributed by atoms with Gasteiger partial charge in [-0.1, -0.05) is 36.4 Å². The minimum atomic E-state index is -0.410. The molecule has 0 spiro atoms. The Hall–Kier alpha value is -3.39. The van der Waals surface area contributed by atoms with Crippen LogP contribution in [0.4, 0.5) is 4.39 Å². The third kappa shape index (κ3) is 5.03. The molecule has 0 aliphatic rings. The van der Waals surface area contributed by atoms with Gasteiger partial charge in [-0.2, -0.15) is 5.10 Å². The molecule has 3 aromatic heterocycles. The molecule has 0 saturated carbocycles. The second-order valence-electron chi connectivity index (χ2n) is 6.44. The van der Waals surface area contributed by atoms with Crippen molar-refractivity contribution in [3.05, 3.63) is 71.4 Å². The zero-order valence-corrected chi connectivity index (χ0v) is 17.9. The van der Waals surface area contributed by atoms with Gasteiger partial charge < -0.3 is 4.74 Å². The van der Waals surface area contributed by atoms with Crippen molar-refractivity contribution in [1.82, 2.24) is 24.7 Å². The van der Waals surface area contributed by atoms with E-state index in [1.807, 2.05) is 6.07 Å². The van der Waals surface area contributed by atoms with Crippen LogP contribution in [0.1, 0.15) is 19.4 Å². The molecule has 0 aliphatic heterocycles. The van der Waals surface area contributed by atoms with E-state index in [1.165, 1.54) is 18.3 Å². The number of hydrogen-bond donors (Lipinski definition) is 0. The smallest absolute Gasteiger partial charge is 0.310 e. The lowest BCUT2D eigenvalue weighted by molar-refractivity contribution is -0.142. The first-order chi connectivity index (χ1) is 15.0. The molecule has 31 heavy (non-hydrogen) atoms. The molecule has 0 aliphatic carbocycles. The molecule has 0 aromatic carbocycles. The predicted octanol–water partition coefficient (Wildman–Crippen LogP) is 4.63. The van der Waals surface area contributed by atoms with Crippen molar-refractivity contribution in [3.8, 4) is 11.5 Å². The predicted molar refractivity (Wildman–Crippen MR) is 117 cm³/mol. The van der Waals surface area contributed by atoms with Gasteiger partial charge >= 0.3 is 5.97 Å². The van der Waals surface area contributed by atoms with Gasteiger partial charge in [0.15, 0.2) is 11.5 Å². The van der Waals surface area contributed by atoms with Gasteiger partial charge in [0.05, 0.1) is 25.0 Å². The monoisotopic (exact) mass is 441 g/mol. The van der Waals surface area contributed by atoms with Gasteiger partial charge in [0.1, 0.15) is 16.7 Å². The van der Waals surface area contributed by atoms with E-state index in [2.05, 4.69) is 26.6 Å². The molecular weight excluding hydrogens is 421 g/mol. The van der Waals surface area contributed by atoms with Crippen LogP contribution in [0.3, 0.4) is 0 Å². The Labute approximate surface area is 183 Å². The summed E-state index contributed by atoms with van der Waals surface area (Å²) in [7, 11) is 0. The fraction of sp³-hybridized carbons (Fsp3) is 0.227.